The Labute approximate surface area is 185 Å². The number of fused-ring (bicyclic) bond motifs is 1. The van der Waals surface area contributed by atoms with E-state index in [2.05, 4.69) is 61.4 Å². The van der Waals surface area contributed by atoms with Gasteiger partial charge in [-0.25, -0.2) is 0 Å². The van der Waals surface area contributed by atoms with E-state index < -0.39 is 8.24 Å². The van der Waals surface area contributed by atoms with Crippen LogP contribution in [0.5, 0.6) is 0 Å². The van der Waals surface area contributed by atoms with Crippen molar-refractivity contribution in [3.63, 3.8) is 0 Å². The summed E-state index contributed by atoms with van der Waals surface area (Å²) in [5.74, 6) is 0. The van der Waals surface area contributed by atoms with Gasteiger partial charge in [-0.3, -0.25) is 0 Å². The second-order valence-corrected chi connectivity index (χ2v) is 16.0. The Kier molecular flexibility index (Phi) is 5.75. The average molecular weight is 423 g/mol. The van der Waals surface area contributed by atoms with Gasteiger partial charge in [-0.1, -0.05) is 81.7 Å². The molecular formula is C27H42N2Si. The Hall–Kier alpha value is -0.903. The molecule has 2 nitrogen and oxygen atoms in total. The fourth-order valence-corrected chi connectivity index (χ4v) is 15.1. The first-order valence-corrected chi connectivity index (χ1v) is 15.1. The van der Waals surface area contributed by atoms with Gasteiger partial charge in [0.15, 0.2) is 0 Å². The molecule has 2 unspecified atom stereocenters. The Morgan fingerprint density at radius 3 is 2.07 bits per heavy atom. The molecule has 1 aromatic rings. The highest BCUT2D eigenvalue weighted by Gasteiger charge is 2.56. The largest absolute Gasteiger partial charge is 0.331 e. The van der Waals surface area contributed by atoms with E-state index in [1.807, 2.05) is 0 Å². The van der Waals surface area contributed by atoms with Gasteiger partial charge in [-0.2, -0.15) is 0 Å². The maximum absolute atomic E-state index is 4.52. The first-order chi connectivity index (χ1) is 14.5. The van der Waals surface area contributed by atoms with Crippen LogP contribution in [-0.2, 0) is 0 Å². The van der Waals surface area contributed by atoms with Gasteiger partial charge in [0.1, 0.15) is 8.24 Å². The van der Waals surface area contributed by atoms with Gasteiger partial charge in [-0.05, 0) is 67.9 Å². The molecule has 1 aliphatic heterocycles. The minimum atomic E-state index is -1.83. The van der Waals surface area contributed by atoms with Crippen molar-refractivity contribution in [2.45, 2.75) is 113 Å². The van der Waals surface area contributed by atoms with Crippen LogP contribution in [0, 0.1) is 0 Å². The molecular weight excluding hydrogens is 380 g/mol. The van der Waals surface area contributed by atoms with Gasteiger partial charge in [0.05, 0.1) is 0 Å². The molecule has 0 spiro atoms. The fraction of sp³-hybridized carbons (Fsp3) is 0.704. The maximum atomic E-state index is 4.52. The lowest BCUT2D eigenvalue weighted by Crippen LogP contribution is -2.66. The van der Waals surface area contributed by atoms with Crippen LogP contribution >= 0.6 is 0 Å². The lowest BCUT2D eigenvalue weighted by Gasteiger charge is -2.50. The van der Waals surface area contributed by atoms with Gasteiger partial charge >= 0.3 is 0 Å². The molecule has 164 valence electrons. The van der Waals surface area contributed by atoms with Crippen molar-refractivity contribution in [2.75, 3.05) is 6.54 Å². The number of hydrogen-bond donors (Lipinski definition) is 2. The highest BCUT2D eigenvalue weighted by atomic mass is 28.3. The van der Waals surface area contributed by atoms with E-state index in [0.29, 0.717) is 11.6 Å². The van der Waals surface area contributed by atoms with E-state index in [4.69, 9.17) is 0 Å². The van der Waals surface area contributed by atoms with E-state index in [1.165, 1.54) is 70.8 Å². The molecule has 0 amide bonds. The predicted octanol–water partition coefficient (Wildman–Crippen LogP) is 6.68. The van der Waals surface area contributed by atoms with Crippen molar-refractivity contribution in [2.24, 2.45) is 0 Å². The van der Waals surface area contributed by atoms with Gasteiger partial charge < -0.3 is 10.3 Å². The molecule has 2 atom stereocenters. The number of hydrogen-bond acceptors (Lipinski definition) is 2. The zero-order chi connectivity index (χ0) is 20.8. The van der Waals surface area contributed by atoms with Crippen molar-refractivity contribution < 1.29 is 0 Å². The SMILES string of the molecule is CC(C)(C)N[Si](C1CCCC1)(C1CCCC1)C1C=C(C2CCCN2)c2ccccc21. The molecule has 4 aliphatic rings. The quantitative estimate of drug-likeness (QED) is 0.517. The maximum Gasteiger partial charge on any atom is 0.143 e. The molecule has 3 aliphatic carbocycles. The lowest BCUT2D eigenvalue weighted by molar-refractivity contribution is 0.483. The van der Waals surface area contributed by atoms with Crippen LogP contribution in [0.3, 0.4) is 0 Å². The van der Waals surface area contributed by atoms with Gasteiger partial charge in [0, 0.05) is 17.1 Å². The summed E-state index contributed by atoms with van der Waals surface area (Å²) in [6, 6.07) is 10.1. The van der Waals surface area contributed by atoms with Crippen LogP contribution in [0.4, 0.5) is 0 Å². The molecule has 3 heteroatoms. The highest BCUT2D eigenvalue weighted by molar-refractivity contribution is 6.82. The normalized spacial score (nSPS) is 28.3. The summed E-state index contributed by atoms with van der Waals surface area (Å²) in [5.41, 5.74) is 7.59. The molecule has 30 heavy (non-hydrogen) atoms. The van der Waals surface area contributed by atoms with E-state index in [-0.39, 0.29) is 5.54 Å². The molecule has 3 fully saturated rings. The summed E-state index contributed by atoms with van der Waals surface area (Å²) in [6.07, 6.45) is 17.1. The monoisotopic (exact) mass is 422 g/mol. The number of allylic oxidation sites excluding steroid dienone is 1. The number of rotatable bonds is 5. The third-order valence-corrected chi connectivity index (χ3v) is 15.1. The second-order valence-electron chi connectivity index (χ2n) is 11.6. The van der Waals surface area contributed by atoms with E-state index in [0.717, 1.165) is 11.1 Å². The molecule has 2 saturated carbocycles. The Morgan fingerprint density at radius 2 is 1.50 bits per heavy atom. The number of nitrogens with one attached hydrogen (secondary N) is 2. The first-order valence-electron chi connectivity index (χ1n) is 12.8. The molecule has 0 bridgehead atoms. The minimum Gasteiger partial charge on any atom is -0.331 e. The average Bonchev–Trinajstić information content (AvgIpc) is 3.53. The van der Waals surface area contributed by atoms with Crippen molar-refractivity contribution >= 4 is 13.8 Å². The topological polar surface area (TPSA) is 24.1 Å². The Morgan fingerprint density at radius 1 is 0.867 bits per heavy atom. The van der Waals surface area contributed by atoms with Crippen LogP contribution in [-0.4, -0.2) is 26.4 Å². The molecule has 0 radical (unpaired) electrons. The first kappa shape index (κ1) is 21.0. The molecule has 1 heterocycles. The third-order valence-electron chi connectivity index (χ3n) is 8.56. The van der Waals surface area contributed by atoms with E-state index in [1.54, 1.807) is 16.7 Å². The predicted molar refractivity (Wildman–Crippen MR) is 131 cm³/mol. The van der Waals surface area contributed by atoms with Gasteiger partial charge in [-0.15, -0.1) is 0 Å². The van der Waals surface area contributed by atoms with Crippen molar-refractivity contribution in [3.05, 3.63) is 41.5 Å². The van der Waals surface area contributed by atoms with Crippen LogP contribution in [0.25, 0.3) is 5.57 Å². The summed E-state index contributed by atoms with van der Waals surface area (Å²) >= 11 is 0. The van der Waals surface area contributed by atoms with Crippen molar-refractivity contribution in [1.29, 1.82) is 0 Å². The summed E-state index contributed by atoms with van der Waals surface area (Å²) in [4.78, 5) is 4.52. The van der Waals surface area contributed by atoms with Crippen LogP contribution < -0.4 is 10.3 Å². The zero-order valence-electron chi connectivity index (χ0n) is 19.5. The van der Waals surface area contributed by atoms with Crippen LogP contribution in [0.1, 0.15) is 102 Å². The van der Waals surface area contributed by atoms with Crippen molar-refractivity contribution in [1.82, 2.24) is 10.3 Å². The summed E-state index contributed by atoms with van der Waals surface area (Å²) < 4.78 is 0. The second kappa shape index (κ2) is 8.22. The fourth-order valence-electron chi connectivity index (χ4n) is 7.62. The smallest absolute Gasteiger partial charge is 0.143 e. The van der Waals surface area contributed by atoms with Crippen LogP contribution in [0.2, 0.25) is 11.1 Å². The minimum absolute atomic E-state index is 0.189. The lowest BCUT2D eigenvalue weighted by atomic mass is 9.99. The number of benzene rings is 1. The molecule has 1 saturated heterocycles. The molecule has 0 aromatic heterocycles. The third kappa shape index (κ3) is 3.65. The summed E-state index contributed by atoms with van der Waals surface area (Å²) in [5, 5.41) is 3.83. The van der Waals surface area contributed by atoms with Crippen molar-refractivity contribution in [3.8, 4) is 0 Å². The van der Waals surface area contributed by atoms with Crippen LogP contribution in [0.15, 0.2) is 30.3 Å². The molecule has 5 rings (SSSR count). The highest BCUT2D eigenvalue weighted by Crippen LogP contribution is 2.57. The standard InChI is InChI=1S/C27H42N2Si/c1-27(2,3)29-30(20-11-4-5-12-20,21-13-6-7-14-21)26-19-24(25-17-10-18-28-25)22-15-8-9-16-23(22)26/h8-9,15-16,19-21,25-26,28-29H,4-7,10-14,17-18H2,1-3H3. The molecule has 2 N–H and O–H groups in total. The summed E-state index contributed by atoms with van der Waals surface area (Å²) in [6.45, 7) is 8.48. The Balaban J connectivity index is 1.66. The van der Waals surface area contributed by atoms with Gasteiger partial charge in [0.25, 0.3) is 0 Å². The summed E-state index contributed by atoms with van der Waals surface area (Å²) in [7, 11) is -1.83. The molecule has 1 aromatic carbocycles. The zero-order valence-corrected chi connectivity index (χ0v) is 20.5. The van der Waals surface area contributed by atoms with E-state index in [9.17, 15) is 0 Å². The Bertz CT molecular complexity index is 758. The van der Waals surface area contributed by atoms with E-state index >= 15 is 0 Å². The van der Waals surface area contributed by atoms with Gasteiger partial charge in [0.2, 0.25) is 0 Å².